The van der Waals surface area contributed by atoms with Crippen LogP contribution in [0, 0.1) is 10.8 Å². The molecule has 0 aliphatic rings. The van der Waals surface area contributed by atoms with Crippen molar-refractivity contribution >= 4 is 11.9 Å². The van der Waals surface area contributed by atoms with E-state index in [1.165, 1.54) is 0 Å². The SMILES string of the molecule is CC(C)(C)C[C@H](N)[C@@H](O)CC(C)(C(=O)O)C(=O)O. The highest BCUT2D eigenvalue weighted by Gasteiger charge is 2.44. The van der Waals surface area contributed by atoms with Crippen molar-refractivity contribution < 1.29 is 24.9 Å². The van der Waals surface area contributed by atoms with E-state index >= 15 is 0 Å². The third-order valence-electron chi connectivity index (χ3n) is 2.90. The lowest BCUT2D eigenvalue weighted by molar-refractivity contribution is -0.165. The van der Waals surface area contributed by atoms with Crippen molar-refractivity contribution in [1.29, 1.82) is 0 Å². The molecule has 0 rings (SSSR count). The third-order valence-corrected chi connectivity index (χ3v) is 2.90. The molecule has 0 saturated carbocycles. The maximum absolute atomic E-state index is 11.0. The minimum Gasteiger partial charge on any atom is -0.480 e. The first-order chi connectivity index (χ1) is 7.90. The molecule has 0 saturated heterocycles. The van der Waals surface area contributed by atoms with Gasteiger partial charge in [0.15, 0.2) is 5.41 Å². The van der Waals surface area contributed by atoms with Crippen LogP contribution in [0.25, 0.3) is 0 Å². The number of hydrogen-bond donors (Lipinski definition) is 4. The number of carbonyl (C=O) groups is 2. The maximum Gasteiger partial charge on any atom is 0.320 e. The molecule has 6 heteroatoms. The van der Waals surface area contributed by atoms with Crippen molar-refractivity contribution in [1.82, 2.24) is 0 Å². The molecule has 0 amide bonds. The first kappa shape index (κ1) is 16.9. The van der Waals surface area contributed by atoms with E-state index in [2.05, 4.69) is 0 Å². The Bertz CT molecular complexity index is 307. The summed E-state index contributed by atoms with van der Waals surface area (Å²) in [4.78, 5) is 21.9. The summed E-state index contributed by atoms with van der Waals surface area (Å²) in [6.07, 6.45) is -1.10. The Morgan fingerprint density at radius 2 is 1.44 bits per heavy atom. The average Bonchev–Trinajstić information content (AvgIpc) is 2.13. The lowest BCUT2D eigenvalue weighted by Crippen LogP contribution is -2.46. The molecule has 0 radical (unpaired) electrons. The van der Waals surface area contributed by atoms with E-state index in [4.69, 9.17) is 15.9 Å². The zero-order chi connectivity index (χ0) is 14.7. The van der Waals surface area contributed by atoms with E-state index in [1.807, 2.05) is 20.8 Å². The zero-order valence-corrected chi connectivity index (χ0v) is 11.3. The Morgan fingerprint density at radius 3 is 1.72 bits per heavy atom. The van der Waals surface area contributed by atoms with E-state index in [0.717, 1.165) is 6.92 Å². The van der Waals surface area contributed by atoms with Gasteiger partial charge >= 0.3 is 11.9 Å². The zero-order valence-electron chi connectivity index (χ0n) is 11.3. The van der Waals surface area contributed by atoms with Crippen molar-refractivity contribution in [3.63, 3.8) is 0 Å². The van der Waals surface area contributed by atoms with Gasteiger partial charge in [0.2, 0.25) is 0 Å². The summed E-state index contributed by atoms with van der Waals surface area (Å²) >= 11 is 0. The van der Waals surface area contributed by atoms with Crippen LogP contribution in [0.5, 0.6) is 0 Å². The predicted molar refractivity (Wildman–Crippen MR) is 66.0 cm³/mol. The van der Waals surface area contributed by atoms with Crippen LogP contribution in [0.3, 0.4) is 0 Å². The number of aliphatic hydroxyl groups excluding tert-OH is 1. The summed E-state index contributed by atoms with van der Waals surface area (Å²) in [5.74, 6) is -2.95. The molecular weight excluding hydrogens is 238 g/mol. The van der Waals surface area contributed by atoms with Crippen molar-refractivity contribution in [3.05, 3.63) is 0 Å². The highest BCUT2D eigenvalue weighted by molar-refractivity contribution is 5.97. The lowest BCUT2D eigenvalue weighted by atomic mass is 9.79. The van der Waals surface area contributed by atoms with Gasteiger partial charge in [-0.25, -0.2) is 0 Å². The quantitative estimate of drug-likeness (QED) is 0.522. The van der Waals surface area contributed by atoms with Gasteiger partial charge in [0.05, 0.1) is 6.10 Å². The third kappa shape index (κ3) is 4.62. The van der Waals surface area contributed by atoms with Crippen LogP contribution in [0.4, 0.5) is 0 Å². The van der Waals surface area contributed by atoms with Gasteiger partial charge in [-0.1, -0.05) is 20.8 Å². The molecular formula is C12H23NO5. The number of carboxylic acids is 2. The molecule has 0 heterocycles. The Hall–Kier alpha value is -1.14. The summed E-state index contributed by atoms with van der Waals surface area (Å²) in [5, 5.41) is 27.7. The molecule has 0 aromatic heterocycles. The van der Waals surface area contributed by atoms with Crippen LogP contribution in [0.1, 0.15) is 40.5 Å². The van der Waals surface area contributed by atoms with E-state index in [-0.39, 0.29) is 5.41 Å². The van der Waals surface area contributed by atoms with Crippen molar-refractivity contribution in [2.45, 2.75) is 52.7 Å². The molecule has 0 aliphatic carbocycles. The van der Waals surface area contributed by atoms with Crippen LogP contribution in [-0.2, 0) is 9.59 Å². The fourth-order valence-corrected chi connectivity index (χ4v) is 1.68. The first-order valence-electron chi connectivity index (χ1n) is 5.80. The van der Waals surface area contributed by atoms with Gasteiger partial charge in [-0.15, -0.1) is 0 Å². The Balaban J connectivity index is 4.77. The largest absolute Gasteiger partial charge is 0.480 e. The predicted octanol–water partition coefficient (Wildman–Crippen LogP) is 0.676. The summed E-state index contributed by atoms with van der Waals surface area (Å²) in [7, 11) is 0. The molecule has 18 heavy (non-hydrogen) atoms. The second kappa shape index (κ2) is 5.67. The van der Waals surface area contributed by atoms with Gasteiger partial charge < -0.3 is 21.1 Å². The maximum atomic E-state index is 11.0. The van der Waals surface area contributed by atoms with Gasteiger partial charge in [0.25, 0.3) is 0 Å². The second-order valence-electron chi connectivity index (χ2n) is 6.14. The van der Waals surface area contributed by atoms with Crippen molar-refractivity contribution in [2.24, 2.45) is 16.6 Å². The van der Waals surface area contributed by atoms with Crippen molar-refractivity contribution in [3.8, 4) is 0 Å². The minimum atomic E-state index is -2.02. The number of hydrogen-bond acceptors (Lipinski definition) is 4. The van der Waals surface area contributed by atoms with Gasteiger partial charge in [0.1, 0.15) is 0 Å². The molecule has 106 valence electrons. The standard InChI is InChI=1S/C12H23NO5/c1-11(2,3)5-7(13)8(14)6-12(4,9(15)16)10(17)18/h7-8,14H,5-6,13H2,1-4H3,(H,15,16)(H,17,18)/t7-,8-/m0/s1. The van der Waals surface area contributed by atoms with Crippen LogP contribution < -0.4 is 5.73 Å². The first-order valence-corrected chi connectivity index (χ1v) is 5.80. The van der Waals surface area contributed by atoms with Gasteiger partial charge in [-0.05, 0) is 18.8 Å². The van der Waals surface area contributed by atoms with Crippen LogP contribution in [-0.4, -0.2) is 39.4 Å². The highest BCUT2D eigenvalue weighted by atomic mass is 16.4. The van der Waals surface area contributed by atoms with E-state index < -0.39 is 35.9 Å². The topological polar surface area (TPSA) is 121 Å². The molecule has 0 aliphatic heterocycles. The van der Waals surface area contributed by atoms with E-state index in [0.29, 0.717) is 6.42 Å². The fraction of sp³-hybridized carbons (Fsp3) is 0.833. The molecule has 0 bridgehead atoms. The van der Waals surface area contributed by atoms with Crippen LogP contribution in [0.2, 0.25) is 0 Å². The lowest BCUT2D eigenvalue weighted by Gasteiger charge is -2.30. The monoisotopic (exact) mass is 261 g/mol. The van der Waals surface area contributed by atoms with E-state index in [1.54, 1.807) is 0 Å². The van der Waals surface area contributed by atoms with Gasteiger partial charge in [-0.2, -0.15) is 0 Å². The number of aliphatic carboxylic acids is 2. The fourth-order valence-electron chi connectivity index (χ4n) is 1.68. The summed E-state index contributed by atoms with van der Waals surface area (Å²) < 4.78 is 0. The smallest absolute Gasteiger partial charge is 0.320 e. The highest BCUT2D eigenvalue weighted by Crippen LogP contribution is 2.28. The number of aliphatic hydroxyl groups is 1. The summed E-state index contributed by atoms with van der Waals surface area (Å²) in [5.41, 5.74) is 3.63. The normalized spacial score (nSPS) is 16.1. The number of rotatable bonds is 6. The molecule has 0 spiro atoms. The molecule has 5 N–H and O–H groups in total. The van der Waals surface area contributed by atoms with Crippen molar-refractivity contribution in [2.75, 3.05) is 0 Å². The Kier molecular flexibility index (Phi) is 5.31. The van der Waals surface area contributed by atoms with Gasteiger partial charge in [0, 0.05) is 12.5 Å². The Labute approximate surface area is 107 Å². The molecule has 0 aromatic carbocycles. The molecule has 0 fully saturated rings. The van der Waals surface area contributed by atoms with Crippen LogP contribution >= 0.6 is 0 Å². The molecule has 0 unspecified atom stereocenters. The average molecular weight is 261 g/mol. The number of nitrogens with two attached hydrogens (primary N) is 1. The second-order valence-corrected chi connectivity index (χ2v) is 6.14. The molecule has 6 nitrogen and oxygen atoms in total. The van der Waals surface area contributed by atoms with Crippen LogP contribution in [0.15, 0.2) is 0 Å². The molecule has 0 aromatic rings. The minimum absolute atomic E-state index is 0.122. The van der Waals surface area contributed by atoms with E-state index in [9.17, 15) is 14.7 Å². The number of carboxylic acid groups (broad SMARTS) is 2. The van der Waals surface area contributed by atoms with Gasteiger partial charge in [-0.3, -0.25) is 9.59 Å². The Morgan fingerprint density at radius 1 is 1.06 bits per heavy atom. The molecule has 2 atom stereocenters. The summed E-state index contributed by atoms with van der Waals surface area (Å²) in [6.45, 7) is 6.89. The summed E-state index contributed by atoms with van der Waals surface area (Å²) in [6, 6.07) is -0.650.